The molecule has 0 aliphatic rings. The molecule has 3 nitrogen and oxygen atoms in total. The smallest absolute Gasteiger partial charge is 0.156 e. The predicted octanol–water partition coefficient (Wildman–Crippen LogP) is 4.37. The van der Waals surface area contributed by atoms with Crippen LogP contribution in [0.5, 0.6) is 0 Å². The summed E-state index contributed by atoms with van der Waals surface area (Å²) in [6.07, 6.45) is 0. The Bertz CT molecular complexity index is 724. The van der Waals surface area contributed by atoms with Gasteiger partial charge in [0.1, 0.15) is 0 Å². The average Bonchev–Trinajstić information content (AvgIpc) is 2.84. The van der Waals surface area contributed by atoms with Crippen molar-refractivity contribution in [1.82, 2.24) is 10.2 Å². The number of benzene rings is 1. The van der Waals surface area contributed by atoms with Crippen LogP contribution < -0.4 is 5.32 Å². The minimum Gasteiger partial charge on any atom is -0.363 e. The molecule has 1 N–H and O–H groups in total. The molecule has 1 aromatic carbocycles. The van der Waals surface area contributed by atoms with Crippen molar-refractivity contribution in [2.24, 2.45) is 0 Å². The monoisotopic (exact) mass is 333 g/mol. The van der Waals surface area contributed by atoms with Crippen molar-refractivity contribution in [3.63, 3.8) is 0 Å². The van der Waals surface area contributed by atoms with Crippen LogP contribution in [-0.4, -0.2) is 10.2 Å². The van der Waals surface area contributed by atoms with Gasteiger partial charge in [-0.3, -0.25) is 0 Å². The van der Waals surface area contributed by atoms with Crippen molar-refractivity contribution in [2.75, 3.05) is 5.32 Å². The number of anilines is 1. The van der Waals surface area contributed by atoms with Crippen molar-refractivity contribution >= 4 is 43.9 Å². The van der Waals surface area contributed by atoms with Crippen LogP contribution in [0, 0.1) is 6.92 Å². The first-order valence-electron chi connectivity index (χ1n) is 5.93. The number of hydrogen-bond donors (Lipinski definition) is 1. The molecular formula is C14H12BrN3S. The normalized spacial score (nSPS) is 10.8. The minimum absolute atomic E-state index is 0.762. The van der Waals surface area contributed by atoms with Gasteiger partial charge < -0.3 is 5.32 Å². The van der Waals surface area contributed by atoms with Crippen LogP contribution in [0.1, 0.15) is 10.6 Å². The topological polar surface area (TPSA) is 37.8 Å². The summed E-state index contributed by atoms with van der Waals surface area (Å²) in [6, 6.07) is 10.3. The molecule has 0 bridgehead atoms. The molecule has 0 saturated carbocycles. The van der Waals surface area contributed by atoms with E-state index in [9.17, 15) is 0 Å². The second-order valence-electron chi connectivity index (χ2n) is 4.26. The van der Waals surface area contributed by atoms with Crippen molar-refractivity contribution in [2.45, 2.75) is 13.5 Å². The number of rotatable bonds is 3. The number of nitrogens with one attached hydrogen (secondary N) is 1. The fourth-order valence-corrected chi connectivity index (χ4v) is 3.38. The lowest BCUT2D eigenvalue weighted by molar-refractivity contribution is 0.986. The second-order valence-corrected chi connectivity index (χ2v) is 6.18. The lowest BCUT2D eigenvalue weighted by atomic mass is 10.1. The molecule has 2 aromatic heterocycles. The first-order valence-corrected chi connectivity index (χ1v) is 7.60. The van der Waals surface area contributed by atoms with Gasteiger partial charge in [0.05, 0.1) is 12.2 Å². The van der Waals surface area contributed by atoms with Gasteiger partial charge in [-0.2, -0.15) is 5.10 Å². The number of hydrogen-bond acceptors (Lipinski definition) is 4. The van der Waals surface area contributed by atoms with E-state index in [2.05, 4.69) is 55.0 Å². The average molecular weight is 334 g/mol. The van der Waals surface area contributed by atoms with Gasteiger partial charge in [0, 0.05) is 25.5 Å². The van der Waals surface area contributed by atoms with Crippen LogP contribution in [0.25, 0.3) is 10.8 Å². The highest BCUT2D eigenvalue weighted by Gasteiger charge is 2.06. The molecule has 0 aliphatic carbocycles. The van der Waals surface area contributed by atoms with Crippen LogP contribution in [0.4, 0.5) is 5.82 Å². The first kappa shape index (κ1) is 12.6. The SMILES string of the molecule is Cc1nnc(NCc2cc(Br)cs2)c2ccccc12. The Hall–Kier alpha value is -1.46. The quantitative estimate of drug-likeness (QED) is 0.773. The Morgan fingerprint density at radius 2 is 2.00 bits per heavy atom. The molecule has 0 fully saturated rings. The van der Waals surface area contributed by atoms with Crippen molar-refractivity contribution in [3.05, 3.63) is 50.8 Å². The molecule has 0 atom stereocenters. The van der Waals surface area contributed by atoms with Gasteiger partial charge in [0.2, 0.25) is 0 Å². The van der Waals surface area contributed by atoms with Crippen molar-refractivity contribution < 1.29 is 0 Å². The Morgan fingerprint density at radius 1 is 1.21 bits per heavy atom. The zero-order valence-electron chi connectivity index (χ0n) is 10.4. The van der Waals surface area contributed by atoms with E-state index in [4.69, 9.17) is 0 Å². The standard InChI is InChI=1S/C14H12BrN3S/c1-9-12-4-2-3-5-13(12)14(18-17-9)16-7-11-6-10(15)8-19-11/h2-6,8H,7H2,1H3,(H,16,18). The van der Waals surface area contributed by atoms with Crippen LogP contribution in [-0.2, 0) is 6.54 Å². The van der Waals surface area contributed by atoms with E-state index in [1.54, 1.807) is 11.3 Å². The summed E-state index contributed by atoms with van der Waals surface area (Å²) in [4.78, 5) is 1.26. The summed E-state index contributed by atoms with van der Waals surface area (Å²) >= 11 is 5.18. The fourth-order valence-electron chi connectivity index (χ4n) is 1.99. The van der Waals surface area contributed by atoms with E-state index in [0.717, 1.165) is 33.3 Å². The number of aromatic nitrogens is 2. The van der Waals surface area contributed by atoms with E-state index >= 15 is 0 Å². The molecule has 0 spiro atoms. The molecule has 96 valence electrons. The first-order chi connectivity index (χ1) is 9.24. The largest absolute Gasteiger partial charge is 0.363 e. The summed E-state index contributed by atoms with van der Waals surface area (Å²) in [5.74, 6) is 0.839. The molecule has 0 radical (unpaired) electrons. The number of aryl methyl sites for hydroxylation is 1. The fraction of sp³-hybridized carbons (Fsp3) is 0.143. The van der Waals surface area contributed by atoms with Gasteiger partial charge in [-0.05, 0) is 28.9 Å². The highest BCUT2D eigenvalue weighted by atomic mass is 79.9. The number of nitrogens with zero attached hydrogens (tertiary/aromatic N) is 2. The maximum Gasteiger partial charge on any atom is 0.156 e. The molecule has 19 heavy (non-hydrogen) atoms. The van der Waals surface area contributed by atoms with Crippen molar-refractivity contribution in [1.29, 1.82) is 0 Å². The Labute approximate surface area is 123 Å². The van der Waals surface area contributed by atoms with E-state index < -0.39 is 0 Å². The number of fused-ring (bicyclic) bond motifs is 1. The lowest BCUT2D eigenvalue weighted by Gasteiger charge is -2.08. The maximum absolute atomic E-state index is 4.26. The third-order valence-corrected chi connectivity index (χ3v) is 4.62. The molecule has 0 unspecified atom stereocenters. The van der Waals surface area contributed by atoms with Gasteiger partial charge >= 0.3 is 0 Å². The minimum atomic E-state index is 0.762. The number of thiophene rings is 1. The molecule has 3 aromatic rings. The van der Waals surface area contributed by atoms with Crippen LogP contribution >= 0.6 is 27.3 Å². The molecule has 2 heterocycles. The summed E-state index contributed by atoms with van der Waals surface area (Å²) in [7, 11) is 0. The molecule has 5 heteroatoms. The van der Waals surface area contributed by atoms with Gasteiger partial charge in [0.15, 0.2) is 5.82 Å². The predicted molar refractivity (Wildman–Crippen MR) is 83.6 cm³/mol. The molecular weight excluding hydrogens is 322 g/mol. The molecule has 0 saturated heterocycles. The highest BCUT2D eigenvalue weighted by Crippen LogP contribution is 2.24. The van der Waals surface area contributed by atoms with E-state index in [-0.39, 0.29) is 0 Å². The van der Waals surface area contributed by atoms with Gasteiger partial charge in [-0.1, -0.05) is 24.3 Å². The van der Waals surface area contributed by atoms with Gasteiger partial charge in [0.25, 0.3) is 0 Å². The third kappa shape index (κ3) is 2.62. The Morgan fingerprint density at radius 3 is 2.74 bits per heavy atom. The van der Waals surface area contributed by atoms with E-state index in [1.165, 1.54) is 4.88 Å². The third-order valence-electron chi connectivity index (χ3n) is 2.92. The zero-order valence-corrected chi connectivity index (χ0v) is 12.8. The zero-order chi connectivity index (χ0) is 13.2. The summed E-state index contributed by atoms with van der Waals surface area (Å²) in [5, 5.41) is 16.2. The lowest BCUT2D eigenvalue weighted by Crippen LogP contribution is -2.03. The van der Waals surface area contributed by atoms with Crippen molar-refractivity contribution in [3.8, 4) is 0 Å². The van der Waals surface area contributed by atoms with E-state index in [0.29, 0.717) is 0 Å². The summed E-state index contributed by atoms with van der Waals surface area (Å²) in [5.41, 5.74) is 0.958. The van der Waals surface area contributed by atoms with Gasteiger partial charge in [-0.25, -0.2) is 0 Å². The summed E-state index contributed by atoms with van der Waals surface area (Å²) in [6.45, 7) is 2.74. The molecule has 3 rings (SSSR count). The van der Waals surface area contributed by atoms with Crippen LogP contribution in [0.15, 0.2) is 40.2 Å². The van der Waals surface area contributed by atoms with Crippen LogP contribution in [0.3, 0.4) is 0 Å². The highest BCUT2D eigenvalue weighted by molar-refractivity contribution is 9.10. The second kappa shape index (κ2) is 5.27. The Balaban J connectivity index is 1.91. The molecule has 0 amide bonds. The van der Waals surface area contributed by atoms with Gasteiger partial charge in [-0.15, -0.1) is 16.4 Å². The maximum atomic E-state index is 4.26. The summed E-state index contributed by atoms with van der Waals surface area (Å²) < 4.78 is 1.12. The Kier molecular flexibility index (Phi) is 3.48. The molecule has 0 aliphatic heterocycles. The number of halogens is 1. The van der Waals surface area contributed by atoms with Crippen LogP contribution in [0.2, 0.25) is 0 Å². The van der Waals surface area contributed by atoms with E-state index in [1.807, 2.05) is 19.1 Å².